The maximum Gasteiger partial charge on any atom is 0.488 e. The molecular formula is C16H17BN2O7. The molecule has 10 heteroatoms. The lowest BCUT2D eigenvalue weighted by atomic mass is 9.80. The molecule has 0 radical (unpaired) electrons. The molecule has 26 heavy (non-hydrogen) atoms. The first-order chi connectivity index (χ1) is 12.3. The van der Waals surface area contributed by atoms with E-state index in [1.54, 1.807) is 0 Å². The number of hydrogen-bond acceptors (Lipinski definition) is 7. The third kappa shape index (κ3) is 4.73. The van der Waals surface area contributed by atoms with Gasteiger partial charge in [0.2, 0.25) is 0 Å². The van der Waals surface area contributed by atoms with Crippen LogP contribution in [0, 0.1) is 0 Å². The van der Waals surface area contributed by atoms with Gasteiger partial charge in [0.25, 0.3) is 11.8 Å². The quantitative estimate of drug-likeness (QED) is 0.145. The van der Waals surface area contributed by atoms with Gasteiger partial charge >= 0.3 is 7.12 Å². The second kappa shape index (κ2) is 8.34. The maximum absolute atomic E-state index is 12.3. The van der Waals surface area contributed by atoms with Crippen LogP contribution in [0.4, 0.5) is 0 Å². The third-order valence-corrected chi connectivity index (χ3v) is 3.68. The largest absolute Gasteiger partial charge is 0.504 e. The van der Waals surface area contributed by atoms with Crippen LogP contribution in [0.1, 0.15) is 15.9 Å². The predicted octanol–water partition coefficient (Wildman–Crippen LogP) is -1.38. The maximum atomic E-state index is 12.3. The normalized spacial score (nSPS) is 11.5. The summed E-state index contributed by atoms with van der Waals surface area (Å²) in [5, 5.41) is 48.2. The molecule has 2 aromatic carbocycles. The van der Waals surface area contributed by atoms with E-state index < -0.39 is 25.0 Å². The molecule has 2 amide bonds. The van der Waals surface area contributed by atoms with E-state index in [1.807, 2.05) is 0 Å². The van der Waals surface area contributed by atoms with Crippen molar-refractivity contribution in [3.05, 3.63) is 53.6 Å². The number of hydrogen-bond donors (Lipinski definition) is 7. The fourth-order valence-corrected chi connectivity index (χ4v) is 2.27. The number of nitrogens with one attached hydrogen (secondary N) is 2. The van der Waals surface area contributed by atoms with Gasteiger partial charge in [-0.1, -0.05) is 18.2 Å². The molecule has 0 unspecified atom stereocenters. The van der Waals surface area contributed by atoms with Crippen molar-refractivity contribution in [2.45, 2.75) is 12.5 Å². The second-order valence-electron chi connectivity index (χ2n) is 5.52. The first kappa shape index (κ1) is 19.3. The van der Waals surface area contributed by atoms with Crippen molar-refractivity contribution in [3.8, 4) is 11.5 Å². The van der Waals surface area contributed by atoms with E-state index in [2.05, 4.69) is 5.32 Å². The van der Waals surface area contributed by atoms with Crippen molar-refractivity contribution >= 4 is 24.4 Å². The molecule has 0 aromatic heterocycles. The van der Waals surface area contributed by atoms with E-state index in [0.717, 1.165) is 0 Å². The van der Waals surface area contributed by atoms with Crippen LogP contribution < -0.4 is 16.3 Å². The van der Waals surface area contributed by atoms with Crippen LogP contribution in [0.25, 0.3) is 0 Å². The van der Waals surface area contributed by atoms with Crippen LogP contribution in [0.5, 0.6) is 11.5 Å². The molecule has 136 valence electrons. The van der Waals surface area contributed by atoms with Gasteiger partial charge < -0.3 is 25.6 Å². The number of benzene rings is 2. The summed E-state index contributed by atoms with van der Waals surface area (Å²) < 4.78 is 0. The molecule has 0 saturated carbocycles. The molecule has 9 nitrogen and oxygen atoms in total. The Labute approximate surface area is 148 Å². The number of carbonyl (C=O) groups excluding carboxylic acids is 2. The molecule has 0 bridgehead atoms. The molecule has 0 aliphatic rings. The first-order valence-corrected chi connectivity index (χ1v) is 7.53. The Kier molecular flexibility index (Phi) is 6.18. The summed E-state index contributed by atoms with van der Waals surface area (Å²) in [5.41, 5.74) is 2.26. The van der Waals surface area contributed by atoms with Crippen LogP contribution in [-0.4, -0.2) is 50.4 Å². The lowest BCUT2D eigenvalue weighted by Crippen LogP contribution is -2.47. The van der Waals surface area contributed by atoms with Crippen LogP contribution >= 0.6 is 0 Å². The van der Waals surface area contributed by atoms with Crippen LogP contribution in [0.3, 0.4) is 0 Å². The van der Waals surface area contributed by atoms with Crippen LogP contribution in [0.2, 0.25) is 0 Å². The van der Waals surface area contributed by atoms with Gasteiger partial charge in [-0.3, -0.25) is 14.8 Å². The van der Waals surface area contributed by atoms with Crippen molar-refractivity contribution in [3.63, 3.8) is 0 Å². The fraction of sp³-hybridized carbons (Fsp3) is 0.125. The standard InChI is InChI=1S/C16H17BN2O7/c20-13-6-1-9(8-14(13)21)7-12(16(23)19-26)18-15(22)10-2-4-11(5-3-10)17(24)25/h1-6,8,12,20-21,24-26H,7H2,(H,18,22)(H,19,23)/t12-/m0/s1. The van der Waals surface area contributed by atoms with Crippen molar-refractivity contribution in [2.75, 3.05) is 0 Å². The lowest BCUT2D eigenvalue weighted by Gasteiger charge is -2.17. The third-order valence-electron chi connectivity index (χ3n) is 3.68. The van der Waals surface area contributed by atoms with Crippen molar-refractivity contribution < 1.29 is 35.1 Å². The highest BCUT2D eigenvalue weighted by Gasteiger charge is 2.22. The minimum absolute atomic E-state index is 0.0561. The van der Waals surface area contributed by atoms with Crippen LogP contribution in [0.15, 0.2) is 42.5 Å². The molecule has 0 heterocycles. The molecule has 1 atom stereocenters. The molecule has 0 saturated heterocycles. The molecule has 2 aromatic rings. The summed E-state index contributed by atoms with van der Waals surface area (Å²) in [7, 11) is -1.66. The average Bonchev–Trinajstić information content (AvgIpc) is 2.63. The smallest absolute Gasteiger partial charge is 0.488 e. The van der Waals surface area contributed by atoms with E-state index >= 15 is 0 Å². The Morgan fingerprint density at radius 2 is 1.65 bits per heavy atom. The topological polar surface area (TPSA) is 159 Å². The molecule has 7 N–H and O–H groups in total. The number of amides is 2. The minimum Gasteiger partial charge on any atom is -0.504 e. The number of phenolic OH excluding ortho intramolecular Hbond substituents is 2. The summed E-state index contributed by atoms with van der Waals surface area (Å²) in [6, 6.07) is 8.16. The zero-order valence-electron chi connectivity index (χ0n) is 13.5. The Bertz CT molecular complexity index is 796. The Morgan fingerprint density at radius 3 is 2.19 bits per heavy atom. The second-order valence-corrected chi connectivity index (χ2v) is 5.52. The molecule has 2 rings (SSSR count). The fourth-order valence-electron chi connectivity index (χ4n) is 2.27. The van der Waals surface area contributed by atoms with Gasteiger partial charge in [-0.05, 0) is 35.3 Å². The van der Waals surface area contributed by atoms with E-state index in [1.165, 1.54) is 47.9 Å². The van der Waals surface area contributed by atoms with Gasteiger partial charge in [-0.15, -0.1) is 0 Å². The minimum atomic E-state index is -1.66. The number of phenols is 2. The highest BCUT2D eigenvalue weighted by molar-refractivity contribution is 6.58. The first-order valence-electron chi connectivity index (χ1n) is 7.53. The van der Waals surface area contributed by atoms with Gasteiger partial charge in [0.15, 0.2) is 11.5 Å². The van der Waals surface area contributed by atoms with Crippen LogP contribution in [-0.2, 0) is 11.2 Å². The van der Waals surface area contributed by atoms with E-state index in [4.69, 9.17) is 15.3 Å². The van der Waals surface area contributed by atoms with Crippen molar-refractivity contribution in [1.29, 1.82) is 0 Å². The summed E-state index contributed by atoms with van der Waals surface area (Å²) in [4.78, 5) is 24.1. The number of rotatable bonds is 6. The lowest BCUT2D eigenvalue weighted by molar-refractivity contribution is -0.131. The zero-order valence-corrected chi connectivity index (χ0v) is 13.5. The number of aromatic hydroxyl groups is 2. The van der Waals surface area contributed by atoms with E-state index in [-0.39, 0.29) is 28.9 Å². The molecule has 0 aliphatic carbocycles. The average molecular weight is 360 g/mol. The Balaban J connectivity index is 2.15. The van der Waals surface area contributed by atoms with Gasteiger partial charge in [-0.2, -0.15) is 0 Å². The molecular weight excluding hydrogens is 343 g/mol. The Hall–Kier alpha value is -3.08. The monoisotopic (exact) mass is 360 g/mol. The van der Waals surface area contributed by atoms with E-state index in [0.29, 0.717) is 5.56 Å². The van der Waals surface area contributed by atoms with Crippen molar-refractivity contribution in [2.24, 2.45) is 0 Å². The molecule has 0 aliphatic heterocycles. The highest BCUT2D eigenvalue weighted by Crippen LogP contribution is 2.25. The van der Waals surface area contributed by atoms with Gasteiger partial charge in [0.1, 0.15) is 6.04 Å². The number of carbonyl (C=O) groups is 2. The summed E-state index contributed by atoms with van der Waals surface area (Å²) in [5.74, 6) is -2.20. The van der Waals surface area contributed by atoms with Gasteiger partial charge in [-0.25, -0.2) is 5.48 Å². The number of hydroxylamine groups is 1. The van der Waals surface area contributed by atoms with Gasteiger partial charge in [0.05, 0.1) is 0 Å². The predicted molar refractivity (Wildman–Crippen MR) is 90.9 cm³/mol. The van der Waals surface area contributed by atoms with E-state index in [9.17, 15) is 19.8 Å². The molecule has 0 spiro atoms. The summed E-state index contributed by atoms with van der Waals surface area (Å²) >= 11 is 0. The van der Waals surface area contributed by atoms with Crippen molar-refractivity contribution in [1.82, 2.24) is 10.8 Å². The summed E-state index contributed by atoms with van der Waals surface area (Å²) in [6.07, 6.45) is -0.0561. The van der Waals surface area contributed by atoms with Gasteiger partial charge in [0, 0.05) is 12.0 Å². The SMILES string of the molecule is O=C(N[C@@H](Cc1ccc(O)c(O)c1)C(=O)NO)c1ccc(B(O)O)cc1. The highest BCUT2D eigenvalue weighted by atomic mass is 16.5. The summed E-state index contributed by atoms with van der Waals surface area (Å²) in [6.45, 7) is 0. The molecule has 0 fully saturated rings. The zero-order chi connectivity index (χ0) is 19.3. The Morgan fingerprint density at radius 1 is 1.00 bits per heavy atom.